The van der Waals surface area contributed by atoms with Crippen molar-refractivity contribution in [2.24, 2.45) is 0 Å². The van der Waals surface area contributed by atoms with Gasteiger partial charge in [0.2, 0.25) is 0 Å². The van der Waals surface area contributed by atoms with Gasteiger partial charge in [0.1, 0.15) is 0 Å². The molecule has 8 bridgehead atoms. The molecule has 6 aromatic rings. The lowest BCUT2D eigenvalue weighted by molar-refractivity contribution is 0.622. The molecule has 0 saturated heterocycles. The summed E-state index contributed by atoms with van der Waals surface area (Å²) in [6, 6.07) is 29.3. The van der Waals surface area contributed by atoms with Gasteiger partial charge >= 0.3 is 0 Å². The molecule has 2 nitrogen and oxygen atoms in total. The summed E-state index contributed by atoms with van der Waals surface area (Å²) in [6.07, 6.45) is 0. The average Bonchev–Trinajstić information content (AvgIpc) is 3.28. The third-order valence-electron chi connectivity index (χ3n) is 8.73. The number of para-hydroxylation sites is 2. The molecule has 0 aliphatic carbocycles. The van der Waals surface area contributed by atoms with Gasteiger partial charge in [-0.1, -0.05) is 68.4 Å². The van der Waals surface area contributed by atoms with Crippen LogP contribution in [0.2, 0.25) is 0 Å². The molecular formula is C36H32N2. The average molecular weight is 493 g/mol. The van der Waals surface area contributed by atoms with E-state index in [0.29, 0.717) is 0 Å². The van der Waals surface area contributed by atoms with Gasteiger partial charge in [0.25, 0.3) is 0 Å². The van der Waals surface area contributed by atoms with Gasteiger partial charge in [0.15, 0.2) is 0 Å². The Bertz CT molecular complexity index is 1930. The van der Waals surface area contributed by atoms with Gasteiger partial charge in [-0.25, -0.2) is 0 Å². The Morgan fingerprint density at radius 1 is 0.553 bits per heavy atom. The lowest BCUT2D eigenvalue weighted by Gasteiger charge is -2.26. The van der Waals surface area contributed by atoms with Crippen LogP contribution in [0.4, 0.5) is 0 Å². The molecule has 2 heteroatoms. The van der Waals surface area contributed by atoms with E-state index in [-0.39, 0.29) is 5.41 Å². The number of H-pyrrole nitrogens is 1. The summed E-state index contributed by atoms with van der Waals surface area (Å²) in [6.45, 7) is 13.5. The smallest absolute Gasteiger partial charge is 0.0708 e. The van der Waals surface area contributed by atoms with E-state index in [1.807, 2.05) is 0 Å². The van der Waals surface area contributed by atoms with Crippen LogP contribution in [0.5, 0.6) is 0 Å². The zero-order chi connectivity index (χ0) is 26.3. The van der Waals surface area contributed by atoms with Crippen LogP contribution < -0.4 is 0 Å². The Morgan fingerprint density at radius 3 is 1.82 bits per heavy atom. The van der Waals surface area contributed by atoms with Gasteiger partial charge in [0.05, 0.1) is 22.4 Å². The van der Waals surface area contributed by atoms with Crippen LogP contribution in [0.25, 0.3) is 55.3 Å². The number of nitrogens with one attached hydrogen (secondary N) is 1. The Labute approximate surface area is 224 Å². The lowest BCUT2D eigenvalue weighted by Crippen LogP contribution is -2.21. The van der Waals surface area contributed by atoms with Gasteiger partial charge in [-0.3, -0.25) is 4.98 Å². The lowest BCUT2D eigenvalue weighted by atomic mass is 9.80. The third kappa shape index (κ3) is 3.16. The van der Waals surface area contributed by atoms with Crippen LogP contribution in [-0.2, 0) is 5.41 Å². The van der Waals surface area contributed by atoms with Gasteiger partial charge in [0, 0.05) is 27.3 Å². The van der Waals surface area contributed by atoms with Crippen LogP contribution in [0.15, 0.2) is 78.9 Å². The molecule has 186 valence electrons. The van der Waals surface area contributed by atoms with Crippen molar-refractivity contribution >= 4 is 21.8 Å². The van der Waals surface area contributed by atoms with Crippen LogP contribution in [0, 0.1) is 27.7 Å². The Hall–Kier alpha value is -4.17. The second kappa shape index (κ2) is 7.91. The number of aromatic nitrogens is 2. The number of nitrogens with zero attached hydrogens (tertiary/aromatic N) is 1. The van der Waals surface area contributed by atoms with Crippen molar-refractivity contribution in [1.82, 2.24) is 9.97 Å². The molecule has 4 aromatic carbocycles. The minimum Gasteiger partial charge on any atom is -0.354 e. The van der Waals surface area contributed by atoms with Crippen molar-refractivity contribution in [2.45, 2.75) is 47.0 Å². The number of hydrogen-bond donors (Lipinski definition) is 1. The highest BCUT2D eigenvalue weighted by atomic mass is 14.8. The van der Waals surface area contributed by atoms with Crippen molar-refractivity contribution in [3.8, 4) is 33.5 Å². The van der Waals surface area contributed by atoms with Crippen molar-refractivity contribution in [2.75, 3.05) is 0 Å². The minimum atomic E-state index is -0.289. The molecule has 7 rings (SSSR count). The van der Waals surface area contributed by atoms with Gasteiger partial charge in [-0.2, -0.15) is 0 Å². The second-order valence-corrected chi connectivity index (χ2v) is 11.6. The topological polar surface area (TPSA) is 28.7 Å². The van der Waals surface area contributed by atoms with E-state index in [0.717, 1.165) is 11.4 Å². The first-order valence-corrected chi connectivity index (χ1v) is 13.5. The molecule has 0 unspecified atom stereocenters. The largest absolute Gasteiger partial charge is 0.354 e. The van der Waals surface area contributed by atoms with Crippen LogP contribution >= 0.6 is 0 Å². The third-order valence-corrected chi connectivity index (χ3v) is 8.73. The molecule has 1 aliphatic rings. The van der Waals surface area contributed by atoms with Gasteiger partial charge in [-0.15, -0.1) is 0 Å². The van der Waals surface area contributed by atoms with E-state index in [2.05, 4.69) is 125 Å². The molecule has 3 heterocycles. The van der Waals surface area contributed by atoms with Crippen LogP contribution in [0.1, 0.15) is 47.4 Å². The fourth-order valence-corrected chi connectivity index (χ4v) is 6.61. The van der Waals surface area contributed by atoms with Crippen molar-refractivity contribution < 1.29 is 0 Å². The number of aryl methyl sites for hydroxylation is 4. The quantitative estimate of drug-likeness (QED) is 0.225. The number of fused-ring (bicyclic) bond motifs is 10. The summed E-state index contributed by atoms with van der Waals surface area (Å²) in [7, 11) is 0. The molecule has 0 radical (unpaired) electrons. The summed E-state index contributed by atoms with van der Waals surface area (Å²) >= 11 is 0. The fourth-order valence-electron chi connectivity index (χ4n) is 6.61. The molecule has 0 fully saturated rings. The number of aromatic amines is 1. The predicted octanol–water partition coefficient (Wildman–Crippen LogP) is 9.59. The normalized spacial score (nSPS) is 13.7. The minimum absolute atomic E-state index is 0.289. The van der Waals surface area contributed by atoms with Crippen LogP contribution in [-0.4, -0.2) is 9.97 Å². The highest BCUT2D eigenvalue weighted by Crippen LogP contribution is 2.43. The summed E-state index contributed by atoms with van der Waals surface area (Å²) in [5.41, 5.74) is 16.9. The van der Waals surface area contributed by atoms with E-state index in [9.17, 15) is 0 Å². The summed E-state index contributed by atoms with van der Waals surface area (Å²) < 4.78 is 0. The van der Waals surface area contributed by atoms with E-state index >= 15 is 0 Å². The first kappa shape index (κ1) is 23.0. The van der Waals surface area contributed by atoms with Gasteiger partial charge < -0.3 is 4.98 Å². The van der Waals surface area contributed by atoms with Crippen molar-refractivity contribution in [3.05, 3.63) is 112 Å². The number of hydrogen-bond acceptors (Lipinski definition) is 1. The standard InChI is InChI=1S/C36H32N2/c1-20-16-21(2)28-18-27(20)26-11-7-10-24-25-12-8-13-31(35(25)38-34(24)26)36(5,6)33-15-9-14-32(37-33)30-19-29(28)22(3)17-23(30)4/h7-19,38H,1-6H3. The van der Waals surface area contributed by atoms with Crippen molar-refractivity contribution in [1.29, 1.82) is 0 Å². The van der Waals surface area contributed by atoms with E-state index in [1.54, 1.807) is 0 Å². The van der Waals surface area contributed by atoms with Crippen LogP contribution in [0.3, 0.4) is 0 Å². The van der Waals surface area contributed by atoms with Gasteiger partial charge in [-0.05, 0) is 96.5 Å². The molecule has 0 saturated carbocycles. The fraction of sp³-hybridized carbons (Fsp3) is 0.194. The second-order valence-electron chi connectivity index (χ2n) is 11.6. The highest BCUT2D eigenvalue weighted by molar-refractivity contribution is 6.13. The number of rotatable bonds is 0. The molecular weight excluding hydrogens is 460 g/mol. The summed E-state index contributed by atoms with van der Waals surface area (Å²) in [5, 5.41) is 2.52. The maximum atomic E-state index is 5.31. The molecule has 0 amide bonds. The van der Waals surface area contributed by atoms with E-state index < -0.39 is 0 Å². The maximum absolute atomic E-state index is 5.31. The molecule has 38 heavy (non-hydrogen) atoms. The maximum Gasteiger partial charge on any atom is 0.0708 e. The number of benzene rings is 4. The zero-order valence-electron chi connectivity index (χ0n) is 23.0. The molecule has 0 atom stereocenters. The first-order valence-electron chi connectivity index (χ1n) is 13.5. The summed E-state index contributed by atoms with van der Waals surface area (Å²) in [4.78, 5) is 9.21. The highest BCUT2D eigenvalue weighted by Gasteiger charge is 2.29. The SMILES string of the molecule is Cc1cc(C)c2cc1-c1cccc(n1)C(C)(C)c1cccc3c1[nH]c1c(cccc13)-c1cc-2c(C)cc1C. The number of pyridine rings is 1. The Kier molecular flexibility index (Phi) is 4.79. The molecule has 2 aromatic heterocycles. The zero-order valence-corrected chi connectivity index (χ0v) is 23.0. The summed E-state index contributed by atoms with van der Waals surface area (Å²) in [5.74, 6) is 0. The molecule has 1 aliphatic heterocycles. The van der Waals surface area contributed by atoms with E-state index in [4.69, 9.17) is 4.98 Å². The monoisotopic (exact) mass is 492 g/mol. The molecule has 0 spiro atoms. The van der Waals surface area contributed by atoms with Crippen molar-refractivity contribution in [3.63, 3.8) is 0 Å². The van der Waals surface area contributed by atoms with E-state index in [1.165, 1.54) is 77.4 Å². The predicted molar refractivity (Wildman–Crippen MR) is 161 cm³/mol. The Balaban J connectivity index is 1.70. The first-order chi connectivity index (χ1) is 18.2. The molecule has 1 N–H and O–H groups in total. The Morgan fingerprint density at radius 2 is 1.11 bits per heavy atom.